The number of sulfonamides is 1. The maximum absolute atomic E-state index is 13.4. The first-order valence-corrected chi connectivity index (χ1v) is 13.3. The van der Waals surface area contributed by atoms with Crippen molar-refractivity contribution in [2.45, 2.75) is 24.4 Å². The lowest BCUT2D eigenvalue weighted by atomic mass is 10.1. The molecule has 1 atom stereocenters. The van der Waals surface area contributed by atoms with Crippen molar-refractivity contribution in [3.63, 3.8) is 0 Å². The summed E-state index contributed by atoms with van der Waals surface area (Å²) in [7, 11) is -0.896. The summed E-state index contributed by atoms with van der Waals surface area (Å²) in [5.41, 5.74) is 1.53. The van der Waals surface area contributed by atoms with E-state index >= 15 is 0 Å². The third kappa shape index (κ3) is 6.98. The molecule has 0 spiro atoms. The Kier molecular flexibility index (Phi) is 9.18. The molecule has 10 heteroatoms. The number of nitrogens with one attached hydrogen (secondary N) is 1. The van der Waals surface area contributed by atoms with Gasteiger partial charge in [-0.3, -0.25) is 4.79 Å². The lowest BCUT2D eigenvalue weighted by Crippen LogP contribution is -2.41. The van der Waals surface area contributed by atoms with E-state index in [1.165, 1.54) is 31.4 Å². The van der Waals surface area contributed by atoms with Gasteiger partial charge < -0.3 is 14.8 Å². The zero-order chi connectivity index (χ0) is 25.6. The van der Waals surface area contributed by atoms with E-state index in [0.29, 0.717) is 16.5 Å². The topological polar surface area (TPSA) is 84.9 Å². The number of halogens is 2. The fourth-order valence-electron chi connectivity index (χ4n) is 3.43. The molecule has 3 rings (SSSR count). The second-order valence-corrected chi connectivity index (χ2v) is 11.0. The van der Waals surface area contributed by atoms with Crippen molar-refractivity contribution >= 4 is 43.5 Å². The van der Waals surface area contributed by atoms with E-state index in [1.807, 2.05) is 25.1 Å². The van der Waals surface area contributed by atoms with Crippen LogP contribution in [0.4, 0.5) is 0 Å². The summed E-state index contributed by atoms with van der Waals surface area (Å²) in [4.78, 5) is 13.0. The van der Waals surface area contributed by atoms with Gasteiger partial charge in [0.1, 0.15) is 0 Å². The van der Waals surface area contributed by atoms with Gasteiger partial charge in [-0.2, -0.15) is 4.31 Å². The monoisotopic (exact) mass is 580 g/mol. The number of rotatable bonds is 10. The summed E-state index contributed by atoms with van der Waals surface area (Å²) in [6.45, 7) is 1.47. The van der Waals surface area contributed by atoms with Crippen molar-refractivity contribution in [2.75, 3.05) is 20.8 Å². The van der Waals surface area contributed by atoms with Crippen LogP contribution in [-0.2, 0) is 21.4 Å². The van der Waals surface area contributed by atoms with Crippen LogP contribution in [0, 0.1) is 0 Å². The highest BCUT2D eigenvalue weighted by atomic mass is 79.9. The summed E-state index contributed by atoms with van der Waals surface area (Å²) in [5.74, 6) is 0.666. The van der Waals surface area contributed by atoms with Crippen LogP contribution >= 0.6 is 27.5 Å². The average Bonchev–Trinajstić information content (AvgIpc) is 2.84. The number of nitrogens with zero attached hydrogens (tertiary/aromatic N) is 1. The first kappa shape index (κ1) is 27.0. The highest BCUT2D eigenvalue weighted by Gasteiger charge is 2.27. The van der Waals surface area contributed by atoms with Crippen LogP contribution < -0.4 is 14.8 Å². The van der Waals surface area contributed by atoms with Crippen LogP contribution in [-0.4, -0.2) is 39.4 Å². The van der Waals surface area contributed by atoms with Crippen LogP contribution in [0.25, 0.3) is 0 Å². The van der Waals surface area contributed by atoms with Crippen molar-refractivity contribution in [2.24, 2.45) is 0 Å². The minimum Gasteiger partial charge on any atom is -0.493 e. The fraction of sp³-hybridized carbons (Fsp3) is 0.240. The van der Waals surface area contributed by atoms with E-state index in [9.17, 15) is 13.2 Å². The maximum atomic E-state index is 13.4. The number of carbonyl (C=O) groups is 1. The number of carbonyl (C=O) groups excluding carboxylic acids is 1. The second-order valence-electron chi connectivity index (χ2n) is 7.76. The Morgan fingerprint density at radius 2 is 1.63 bits per heavy atom. The second kappa shape index (κ2) is 11.9. The zero-order valence-corrected chi connectivity index (χ0v) is 22.7. The molecule has 0 saturated heterocycles. The normalized spacial score (nSPS) is 12.3. The lowest BCUT2D eigenvalue weighted by molar-refractivity contribution is -0.122. The highest BCUT2D eigenvalue weighted by molar-refractivity contribution is 9.10. The Bertz CT molecular complexity index is 1270. The van der Waals surface area contributed by atoms with Crippen molar-refractivity contribution < 1.29 is 22.7 Å². The van der Waals surface area contributed by atoms with Crippen LogP contribution in [0.1, 0.15) is 24.1 Å². The van der Waals surface area contributed by atoms with Crippen molar-refractivity contribution in [1.29, 1.82) is 0 Å². The lowest BCUT2D eigenvalue weighted by Gasteiger charge is -2.23. The standard InChI is InChI=1S/C25H26BrClN2O5S/c1-17(19-6-13-23(33-2)24(14-19)34-3)28-25(30)16-29(15-18-4-7-20(26)8-5-18)35(31,32)22-11-9-21(27)10-12-22/h4-14,17H,15-16H2,1-3H3,(H,28,30)/t17-/m1/s1. The van der Waals surface area contributed by atoms with Crippen molar-refractivity contribution in [3.05, 3.63) is 87.4 Å². The van der Waals surface area contributed by atoms with E-state index in [-0.39, 0.29) is 18.0 Å². The smallest absolute Gasteiger partial charge is 0.243 e. The first-order valence-electron chi connectivity index (χ1n) is 10.7. The van der Waals surface area contributed by atoms with E-state index in [0.717, 1.165) is 19.9 Å². The van der Waals surface area contributed by atoms with E-state index in [2.05, 4.69) is 21.2 Å². The molecule has 0 aromatic heterocycles. The molecule has 0 saturated carbocycles. The number of benzene rings is 3. The van der Waals surface area contributed by atoms with Gasteiger partial charge in [-0.05, 0) is 66.6 Å². The summed E-state index contributed by atoms with van der Waals surface area (Å²) in [6, 6.07) is 18.1. The molecule has 0 heterocycles. The Hall–Kier alpha value is -2.59. The third-order valence-corrected chi connectivity index (χ3v) is 7.92. The summed E-state index contributed by atoms with van der Waals surface area (Å²) in [5, 5.41) is 3.29. The van der Waals surface area contributed by atoms with Crippen molar-refractivity contribution in [3.8, 4) is 11.5 Å². The van der Waals surface area contributed by atoms with Gasteiger partial charge in [0.05, 0.1) is 31.7 Å². The zero-order valence-electron chi connectivity index (χ0n) is 19.5. The number of ether oxygens (including phenoxy) is 2. The maximum Gasteiger partial charge on any atom is 0.243 e. The summed E-state index contributed by atoms with van der Waals surface area (Å²) < 4.78 is 39.5. The van der Waals surface area contributed by atoms with Gasteiger partial charge in [-0.25, -0.2) is 8.42 Å². The Balaban J connectivity index is 1.83. The van der Waals surface area contributed by atoms with Gasteiger partial charge in [-0.1, -0.05) is 45.7 Å². The molecular formula is C25H26BrClN2O5S. The highest BCUT2D eigenvalue weighted by Crippen LogP contribution is 2.30. The molecule has 0 bridgehead atoms. The molecule has 186 valence electrons. The SMILES string of the molecule is COc1ccc([C@@H](C)NC(=O)CN(Cc2ccc(Br)cc2)S(=O)(=O)c2ccc(Cl)cc2)cc1OC. The van der Waals surface area contributed by atoms with Gasteiger partial charge in [-0.15, -0.1) is 0 Å². The van der Waals surface area contributed by atoms with Crippen molar-refractivity contribution in [1.82, 2.24) is 9.62 Å². The number of hydrogen-bond donors (Lipinski definition) is 1. The van der Waals surface area contributed by atoms with E-state index < -0.39 is 22.0 Å². The third-order valence-electron chi connectivity index (χ3n) is 5.33. The Morgan fingerprint density at radius 3 is 2.23 bits per heavy atom. The number of amides is 1. The van der Waals surface area contributed by atoms with Crippen LogP contribution in [0.2, 0.25) is 5.02 Å². The molecule has 0 aliphatic heterocycles. The molecule has 7 nitrogen and oxygen atoms in total. The fourth-order valence-corrected chi connectivity index (χ4v) is 5.20. The summed E-state index contributed by atoms with van der Waals surface area (Å²) in [6.07, 6.45) is 0. The molecule has 1 amide bonds. The first-order chi connectivity index (χ1) is 16.6. The minimum atomic E-state index is -3.98. The van der Waals surface area contributed by atoms with Gasteiger partial charge in [0.15, 0.2) is 11.5 Å². The molecule has 0 aliphatic carbocycles. The molecule has 0 radical (unpaired) electrons. The van der Waals surface area contributed by atoms with Gasteiger partial charge in [0.2, 0.25) is 15.9 Å². The minimum absolute atomic E-state index is 0.0242. The number of methoxy groups -OCH3 is 2. The molecule has 1 N–H and O–H groups in total. The average molecular weight is 582 g/mol. The predicted molar refractivity (Wildman–Crippen MR) is 139 cm³/mol. The van der Waals surface area contributed by atoms with Gasteiger partial charge in [0, 0.05) is 16.0 Å². The van der Waals surface area contributed by atoms with E-state index in [4.69, 9.17) is 21.1 Å². The largest absolute Gasteiger partial charge is 0.493 e. The molecule has 0 unspecified atom stereocenters. The molecule has 3 aromatic rings. The van der Waals surface area contributed by atoms with Crippen LogP contribution in [0.5, 0.6) is 11.5 Å². The van der Waals surface area contributed by atoms with Crippen LogP contribution in [0.15, 0.2) is 76.1 Å². The molecule has 0 fully saturated rings. The molecule has 3 aromatic carbocycles. The predicted octanol–water partition coefficient (Wildman–Crippen LogP) is 5.19. The Morgan fingerprint density at radius 1 is 1.00 bits per heavy atom. The quantitative estimate of drug-likeness (QED) is 0.356. The molecule has 0 aliphatic rings. The Labute approximate surface area is 219 Å². The molecular weight excluding hydrogens is 556 g/mol. The summed E-state index contributed by atoms with van der Waals surface area (Å²) >= 11 is 9.31. The van der Waals surface area contributed by atoms with Gasteiger partial charge >= 0.3 is 0 Å². The number of hydrogen-bond acceptors (Lipinski definition) is 5. The van der Waals surface area contributed by atoms with E-state index in [1.54, 1.807) is 31.4 Å². The van der Waals surface area contributed by atoms with Crippen LogP contribution in [0.3, 0.4) is 0 Å². The van der Waals surface area contributed by atoms with Gasteiger partial charge in [0.25, 0.3) is 0 Å². The molecule has 35 heavy (non-hydrogen) atoms.